The molecule has 0 aliphatic heterocycles. The highest BCUT2D eigenvalue weighted by molar-refractivity contribution is 5.40. The van der Waals surface area contributed by atoms with E-state index in [1.165, 1.54) is 5.57 Å². The molecule has 1 aliphatic carbocycles. The van der Waals surface area contributed by atoms with Gasteiger partial charge in [0.05, 0.1) is 5.54 Å². The van der Waals surface area contributed by atoms with Crippen molar-refractivity contribution in [2.45, 2.75) is 46.1 Å². The first-order valence-electron chi connectivity index (χ1n) is 5.44. The predicted molar refractivity (Wildman–Crippen MR) is 63.9 cm³/mol. The Kier molecular flexibility index (Phi) is 3.30. The van der Waals surface area contributed by atoms with Crippen LogP contribution in [0, 0.1) is 5.92 Å². The molecule has 0 aromatic heterocycles. The van der Waals surface area contributed by atoms with E-state index in [1.807, 2.05) is 0 Å². The average molecular weight is 191 g/mol. The van der Waals surface area contributed by atoms with Crippen LogP contribution < -0.4 is 0 Å². The minimum absolute atomic E-state index is 0.0399. The van der Waals surface area contributed by atoms with Crippen LogP contribution in [0.15, 0.2) is 28.3 Å². The molecule has 0 saturated heterocycles. The van der Waals surface area contributed by atoms with E-state index in [1.54, 1.807) is 5.57 Å². The molecule has 0 spiro atoms. The zero-order chi connectivity index (χ0) is 10.8. The molecule has 0 bridgehead atoms. The fourth-order valence-electron chi connectivity index (χ4n) is 2.11. The Bertz CT molecular complexity index is 286. The summed E-state index contributed by atoms with van der Waals surface area (Å²) in [6.45, 7) is 12.5. The zero-order valence-electron chi connectivity index (χ0n) is 9.80. The molecule has 14 heavy (non-hydrogen) atoms. The van der Waals surface area contributed by atoms with E-state index in [9.17, 15) is 0 Å². The van der Waals surface area contributed by atoms with Crippen molar-refractivity contribution >= 4 is 6.72 Å². The third kappa shape index (κ3) is 1.68. The summed E-state index contributed by atoms with van der Waals surface area (Å²) in [5.74, 6) is 0.491. The summed E-state index contributed by atoms with van der Waals surface area (Å²) in [5, 5.41) is 0. The SMILES string of the molecule is C=NC1(C)C=CC1/C(CC)=C(\C)CC. The van der Waals surface area contributed by atoms with Gasteiger partial charge in [0, 0.05) is 5.92 Å². The van der Waals surface area contributed by atoms with Gasteiger partial charge < -0.3 is 0 Å². The Morgan fingerprint density at radius 2 is 2.07 bits per heavy atom. The largest absolute Gasteiger partial charge is 0.289 e. The summed E-state index contributed by atoms with van der Waals surface area (Å²) in [7, 11) is 0. The molecule has 78 valence electrons. The number of allylic oxidation sites excluding steroid dienone is 1. The van der Waals surface area contributed by atoms with Gasteiger partial charge in [0.25, 0.3) is 0 Å². The number of hydrogen-bond donors (Lipinski definition) is 0. The van der Waals surface area contributed by atoms with E-state index >= 15 is 0 Å². The predicted octanol–water partition coefficient (Wildman–Crippen LogP) is 3.77. The maximum atomic E-state index is 4.22. The van der Waals surface area contributed by atoms with Crippen molar-refractivity contribution in [3.63, 3.8) is 0 Å². The van der Waals surface area contributed by atoms with Crippen LogP contribution in [0.3, 0.4) is 0 Å². The first kappa shape index (κ1) is 11.2. The van der Waals surface area contributed by atoms with Crippen molar-refractivity contribution in [1.82, 2.24) is 0 Å². The van der Waals surface area contributed by atoms with Crippen molar-refractivity contribution in [1.29, 1.82) is 0 Å². The lowest BCUT2D eigenvalue weighted by atomic mass is 9.70. The Morgan fingerprint density at radius 3 is 2.36 bits per heavy atom. The first-order chi connectivity index (χ1) is 6.59. The fraction of sp³-hybridized carbons (Fsp3) is 0.615. The summed E-state index contributed by atoms with van der Waals surface area (Å²) >= 11 is 0. The van der Waals surface area contributed by atoms with E-state index in [0.29, 0.717) is 5.92 Å². The molecule has 2 unspecified atom stereocenters. The molecule has 0 saturated carbocycles. The second kappa shape index (κ2) is 4.12. The maximum Gasteiger partial charge on any atom is 0.0852 e. The van der Waals surface area contributed by atoms with Crippen LogP contribution in [0.2, 0.25) is 0 Å². The van der Waals surface area contributed by atoms with Crippen LogP contribution in [-0.4, -0.2) is 12.3 Å². The van der Waals surface area contributed by atoms with Crippen molar-refractivity contribution in [3.05, 3.63) is 23.3 Å². The molecule has 0 N–H and O–H groups in total. The number of hydrogen-bond acceptors (Lipinski definition) is 1. The average Bonchev–Trinajstić information content (AvgIpc) is 2.21. The monoisotopic (exact) mass is 191 g/mol. The molecular weight excluding hydrogens is 170 g/mol. The zero-order valence-corrected chi connectivity index (χ0v) is 9.80. The van der Waals surface area contributed by atoms with Gasteiger partial charge >= 0.3 is 0 Å². The van der Waals surface area contributed by atoms with Crippen LogP contribution in [-0.2, 0) is 0 Å². The number of rotatable bonds is 4. The second-order valence-electron chi connectivity index (χ2n) is 4.23. The van der Waals surface area contributed by atoms with Gasteiger partial charge in [0.2, 0.25) is 0 Å². The van der Waals surface area contributed by atoms with Crippen molar-refractivity contribution in [2.75, 3.05) is 0 Å². The van der Waals surface area contributed by atoms with Gasteiger partial charge in [-0.25, -0.2) is 0 Å². The smallest absolute Gasteiger partial charge is 0.0852 e. The van der Waals surface area contributed by atoms with Gasteiger partial charge in [0.1, 0.15) is 0 Å². The first-order valence-corrected chi connectivity index (χ1v) is 5.44. The maximum absolute atomic E-state index is 4.22. The highest BCUT2D eigenvalue weighted by atomic mass is 14.8. The van der Waals surface area contributed by atoms with Crippen LogP contribution in [0.5, 0.6) is 0 Å². The molecule has 1 rings (SSSR count). The van der Waals surface area contributed by atoms with E-state index in [4.69, 9.17) is 0 Å². The lowest BCUT2D eigenvalue weighted by molar-refractivity contribution is 0.425. The van der Waals surface area contributed by atoms with E-state index < -0.39 is 0 Å². The highest BCUT2D eigenvalue weighted by Gasteiger charge is 2.37. The summed E-state index contributed by atoms with van der Waals surface area (Å²) in [4.78, 5) is 4.22. The molecular formula is C13H21N. The van der Waals surface area contributed by atoms with Crippen LogP contribution in [0.1, 0.15) is 40.5 Å². The van der Waals surface area contributed by atoms with E-state index in [2.05, 4.69) is 51.6 Å². The molecule has 1 aliphatic rings. The highest BCUT2D eigenvalue weighted by Crippen LogP contribution is 2.41. The molecule has 0 heterocycles. The summed E-state index contributed by atoms with van der Waals surface area (Å²) in [6.07, 6.45) is 6.68. The molecule has 1 nitrogen and oxygen atoms in total. The Hall–Kier alpha value is -0.850. The Morgan fingerprint density at radius 1 is 1.43 bits per heavy atom. The molecule has 0 fully saturated rings. The van der Waals surface area contributed by atoms with Gasteiger partial charge in [-0.3, -0.25) is 4.99 Å². The van der Waals surface area contributed by atoms with Crippen LogP contribution in [0.4, 0.5) is 0 Å². The normalized spacial score (nSPS) is 32.1. The van der Waals surface area contributed by atoms with Crippen molar-refractivity contribution in [2.24, 2.45) is 10.9 Å². The number of nitrogens with zero attached hydrogens (tertiary/aromatic N) is 1. The minimum atomic E-state index is -0.0399. The third-order valence-corrected chi connectivity index (χ3v) is 3.43. The molecule has 0 radical (unpaired) electrons. The van der Waals surface area contributed by atoms with E-state index in [-0.39, 0.29) is 5.54 Å². The van der Waals surface area contributed by atoms with Gasteiger partial charge in [-0.1, -0.05) is 37.1 Å². The third-order valence-electron chi connectivity index (χ3n) is 3.43. The summed E-state index contributed by atoms with van der Waals surface area (Å²) in [6, 6.07) is 0. The van der Waals surface area contributed by atoms with Crippen molar-refractivity contribution in [3.8, 4) is 0 Å². The number of aliphatic imine (C=N–C) groups is 1. The van der Waals surface area contributed by atoms with Crippen molar-refractivity contribution < 1.29 is 0 Å². The lowest BCUT2D eigenvalue weighted by Crippen LogP contribution is -2.37. The molecule has 0 amide bonds. The van der Waals surface area contributed by atoms with Gasteiger partial charge in [-0.2, -0.15) is 0 Å². The molecule has 0 aromatic carbocycles. The fourth-order valence-corrected chi connectivity index (χ4v) is 2.11. The van der Waals surface area contributed by atoms with Gasteiger partial charge in [-0.15, -0.1) is 0 Å². The van der Waals surface area contributed by atoms with Gasteiger partial charge in [0.15, 0.2) is 0 Å². The topological polar surface area (TPSA) is 12.4 Å². The quantitative estimate of drug-likeness (QED) is 0.474. The molecule has 1 heteroatoms. The van der Waals surface area contributed by atoms with Gasteiger partial charge in [-0.05, 0) is 33.4 Å². The lowest BCUT2D eigenvalue weighted by Gasteiger charge is -2.39. The standard InChI is InChI=1S/C13H21N/c1-6-10(3)11(7-2)12-8-9-13(12,4)14-5/h8-9,12H,5-7H2,1-4H3/b11-10+. The molecule has 2 atom stereocenters. The van der Waals surface area contributed by atoms with Crippen LogP contribution >= 0.6 is 0 Å². The van der Waals surface area contributed by atoms with E-state index in [0.717, 1.165) is 12.8 Å². The molecule has 0 aromatic rings. The van der Waals surface area contributed by atoms with Crippen LogP contribution in [0.25, 0.3) is 0 Å². The minimum Gasteiger partial charge on any atom is -0.289 e. The Labute approximate surface area is 87.6 Å². The second-order valence-corrected chi connectivity index (χ2v) is 4.23. The summed E-state index contributed by atoms with van der Waals surface area (Å²) < 4.78 is 0. The summed E-state index contributed by atoms with van der Waals surface area (Å²) in [5.41, 5.74) is 3.02. The Balaban J connectivity index is 2.95.